The first-order chi connectivity index (χ1) is 14.2. The molecule has 4 rings (SSSR count). The van der Waals surface area contributed by atoms with Crippen molar-refractivity contribution >= 4 is 23.1 Å². The number of hydrogen-bond acceptors (Lipinski definition) is 5. The Labute approximate surface area is 171 Å². The first kappa shape index (κ1) is 19.5. The number of nitrogens with zero attached hydrogens (tertiary/aromatic N) is 2. The highest BCUT2D eigenvalue weighted by Crippen LogP contribution is 2.33. The van der Waals surface area contributed by atoms with Crippen LogP contribution < -0.4 is 14.5 Å². The van der Waals surface area contributed by atoms with Gasteiger partial charge in [-0.15, -0.1) is 0 Å². The predicted molar refractivity (Wildman–Crippen MR) is 112 cm³/mol. The highest BCUT2D eigenvalue weighted by atomic mass is 16.5. The number of carbonyl (C=O) groups excluding carboxylic acids is 2. The fourth-order valence-corrected chi connectivity index (χ4v) is 3.94. The van der Waals surface area contributed by atoms with Gasteiger partial charge in [0.2, 0.25) is 5.91 Å². The third-order valence-electron chi connectivity index (χ3n) is 5.60. The molecule has 0 N–H and O–H groups in total. The number of rotatable bonds is 6. The fourth-order valence-electron chi connectivity index (χ4n) is 3.94. The Hall–Kier alpha value is -2.86. The number of morpholine rings is 1. The largest absolute Gasteiger partial charge is 0.497 e. The van der Waals surface area contributed by atoms with E-state index in [1.165, 1.54) is 5.56 Å². The molecule has 2 aliphatic heterocycles. The smallest absolute Gasteiger partial charge is 0.227 e. The van der Waals surface area contributed by atoms with E-state index in [1.807, 2.05) is 4.90 Å². The summed E-state index contributed by atoms with van der Waals surface area (Å²) in [6.45, 7) is 3.86. The topological polar surface area (TPSA) is 59.1 Å². The van der Waals surface area contributed by atoms with E-state index in [9.17, 15) is 9.59 Å². The number of carbonyl (C=O) groups is 2. The van der Waals surface area contributed by atoms with E-state index in [-0.39, 0.29) is 24.5 Å². The van der Waals surface area contributed by atoms with Crippen LogP contribution in [0.1, 0.15) is 28.8 Å². The van der Waals surface area contributed by atoms with Crippen molar-refractivity contribution in [1.82, 2.24) is 0 Å². The Morgan fingerprint density at radius 2 is 1.86 bits per heavy atom. The second-order valence-corrected chi connectivity index (χ2v) is 7.36. The molecule has 2 aromatic rings. The van der Waals surface area contributed by atoms with Crippen molar-refractivity contribution in [3.63, 3.8) is 0 Å². The molecule has 6 heteroatoms. The van der Waals surface area contributed by atoms with Gasteiger partial charge in [-0.2, -0.15) is 0 Å². The van der Waals surface area contributed by atoms with E-state index in [4.69, 9.17) is 9.47 Å². The van der Waals surface area contributed by atoms with Gasteiger partial charge < -0.3 is 19.3 Å². The molecule has 0 aliphatic carbocycles. The van der Waals surface area contributed by atoms with Crippen LogP contribution in [0.15, 0.2) is 42.5 Å². The molecule has 0 unspecified atom stereocenters. The van der Waals surface area contributed by atoms with Crippen LogP contribution in [0.5, 0.6) is 5.75 Å². The van der Waals surface area contributed by atoms with E-state index in [0.717, 1.165) is 44.1 Å². The normalized spacial score (nSPS) is 15.9. The molecule has 1 saturated heterocycles. The maximum absolute atomic E-state index is 12.9. The molecule has 152 valence electrons. The molecule has 0 aromatic heterocycles. The van der Waals surface area contributed by atoms with Crippen molar-refractivity contribution in [2.45, 2.75) is 19.3 Å². The number of hydrogen-bond donors (Lipinski definition) is 0. The Morgan fingerprint density at radius 1 is 1.03 bits per heavy atom. The van der Waals surface area contributed by atoms with Crippen molar-refractivity contribution in [1.29, 1.82) is 0 Å². The first-order valence-electron chi connectivity index (χ1n) is 10.1. The number of ketones is 1. The zero-order valence-electron chi connectivity index (χ0n) is 16.7. The van der Waals surface area contributed by atoms with Gasteiger partial charge in [-0.3, -0.25) is 9.59 Å². The molecule has 0 radical (unpaired) electrons. The van der Waals surface area contributed by atoms with Gasteiger partial charge in [0, 0.05) is 49.4 Å². The summed E-state index contributed by atoms with van der Waals surface area (Å²) >= 11 is 0. The molecular weight excluding hydrogens is 368 g/mol. The molecular formula is C23H26N2O4. The van der Waals surface area contributed by atoms with Crippen LogP contribution in [-0.4, -0.2) is 51.6 Å². The lowest BCUT2D eigenvalue weighted by Gasteiger charge is -2.29. The van der Waals surface area contributed by atoms with E-state index in [2.05, 4.69) is 23.1 Å². The van der Waals surface area contributed by atoms with Crippen LogP contribution in [0.25, 0.3) is 0 Å². The average Bonchev–Trinajstić information content (AvgIpc) is 3.21. The van der Waals surface area contributed by atoms with Crippen LogP contribution in [0.4, 0.5) is 11.4 Å². The number of ether oxygens (including phenoxy) is 2. The summed E-state index contributed by atoms with van der Waals surface area (Å²) in [6, 6.07) is 13.4. The third-order valence-corrected chi connectivity index (χ3v) is 5.60. The zero-order chi connectivity index (χ0) is 20.2. The first-order valence-corrected chi connectivity index (χ1v) is 10.1. The van der Waals surface area contributed by atoms with Gasteiger partial charge in [-0.1, -0.05) is 18.2 Å². The number of methoxy groups -OCH3 is 1. The minimum absolute atomic E-state index is 0.000811. The van der Waals surface area contributed by atoms with Crippen LogP contribution in [-0.2, 0) is 16.0 Å². The second kappa shape index (κ2) is 8.66. The maximum atomic E-state index is 12.9. The highest BCUT2D eigenvalue weighted by molar-refractivity contribution is 6.01. The fraction of sp³-hybridized carbons (Fsp3) is 0.391. The SMILES string of the molecule is COc1cccc(C(=O)CCC(=O)N2CCc3ccc(N4CCOCC4)cc32)c1. The monoisotopic (exact) mass is 394 g/mol. The van der Waals surface area contributed by atoms with Crippen LogP contribution >= 0.6 is 0 Å². The van der Waals surface area contributed by atoms with Crippen molar-refractivity contribution in [3.05, 3.63) is 53.6 Å². The lowest BCUT2D eigenvalue weighted by atomic mass is 10.1. The number of amides is 1. The zero-order valence-corrected chi connectivity index (χ0v) is 16.7. The van der Waals surface area contributed by atoms with Crippen LogP contribution in [0.3, 0.4) is 0 Å². The minimum atomic E-state index is -0.0428. The molecule has 2 aliphatic rings. The summed E-state index contributed by atoms with van der Waals surface area (Å²) in [5.74, 6) is 0.601. The molecule has 0 spiro atoms. The molecule has 0 saturated carbocycles. The summed E-state index contributed by atoms with van der Waals surface area (Å²) < 4.78 is 10.6. The third kappa shape index (κ3) is 4.27. The van der Waals surface area contributed by atoms with E-state index >= 15 is 0 Å². The number of Topliss-reactive ketones (excluding diaryl/α,β-unsaturated/α-hetero) is 1. The Bertz CT molecular complexity index is 906. The van der Waals surface area contributed by atoms with E-state index in [0.29, 0.717) is 17.9 Å². The second-order valence-electron chi connectivity index (χ2n) is 7.36. The van der Waals surface area contributed by atoms with Crippen molar-refractivity contribution < 1.29 is 19.1 Å². The Morgan fingerprint density at radius 3 is 2.66 bits per heavy atom. The molecule has 6 nitrogen and oxygen atoms in total. The molecule has 1 fully saturated rings. The Kier molecular flexibility index (Phi) is 5.81. The van der Waals surface area contributed by atoms with Crippen molar-refractivity contribution in [3.8, 4) is 5.75 Å². The van der Waals surface area contributed by atoms with Gasteiger partial charge in [0.25, 0.3) is 0 Å². The summed E-state index contributed by atoms with van der Waals surface area (Å²) in [5.41, 5.74) is 3.87. The molecule has 2 aromatic carbocycles. The molecule has 0 atom stereocenters. The minimum Gasteiger partial charge on any atom is -0.497 e. The number of benzene rings is 2. The summed E-state index contributed by atoms with van der Waals surface area (Å²) in [6.07, 6.45) is 1.26. The maximum Gasteiger partial charge on any atom is 0.227 e. The van der Waals surface area contributed by atoms with Crippen molar-refractivity contribution in [2.75, 3.05) is 49.8 Å². The quantitative estimate of drug-likeness (QED) is 0.705. The van der Waals surface area contributed by atoms with Gasteiger partial charge in [-0.25, -0.2) is 0 Å². The summed E-state index contributed by atoms with van der Waals surface area (Å²) in [4.78, 5) is 29.5. The van der Waals surface area contributed by atoms with Crippen molar-refractivity contribution in [2.24, 2.45) is 0 Å². The van der Waals surface area contributed by atoms with Gasteiger partial charge >= 0.3 is 0 Å². The van der Waals surface area contributed by atoms with Gasteiger partial charge in [0.05, 0.1) is 20.3 Å². The van der Waals surface area contributed by atoms with E-state index in [1.54, 1.807) is 31.4 Å². The molecule has 2 heterocycles. The molecule has 0 bridgehead atoms. The standard InChI is InChI=1S/C23H26N2O4/c1-28-20-4-2-3-18(15-20)22(26)7-8-23(27)25-10-9-17-5-6-19(16-21(17)25)24-11-13-29-14-12-24/h2-6,15-16H,7-14H2,1H3. The van der Waals surface area contributed by atoms with Gasteiger partial charge in [0.1, 0.15) is 5.75 Å². The van der Waals surface area contributed by atoms with E-state index < -0.39 is 0 Å². The molecule has 29 heavy (non-hydrogen) atoms. The summed E-state index contributed by atoms with van der Waals surface area (Å²) in [7, 11) is 1.57. The lowest BCUT2D eigenvalue weighted by Crippen LogP contribution is -2.36. The molecule has 1 amide bonds. The number of fused-ring (bicyclic) bond motifs is 1. The van der Waals surface area contributed by atoms with Gasteiger partial charge in [0.15, 0.2) is 5.78 Å². The van der Waals surface area contributed by atoms with Crippen LogP contribution in [0.2, 0.25) is 0 Å². The lowest BCUT2D eigenvalue weighted by molar-refractivity contribution is -0.118. The Balaban J connectivity index is 1.42. The average molecular weight is 394 g/mol. The summed E-state index contributed by atoms with van der Waals surface area (Å²) in [5, 5.41) is 0. The van der Waals surface area contributed by atoms with Gasteiger partial charge in [-0.05, 0) is 36.2 Å². The number of anilines is 2. The predicted octanol–water partition coefficient (Wildman–Crippen LogP) is 3.08. The highest BCUT2D eigenvalue weighted by Gasteiger charge is 2.26. The van der Waals surface area contributed by atoms with Crippen LogP contribution in [0, 0.1) is 0 Å².